The standard InChI is InChI=1S/C17H22N4O2/c1-13-5-3-4-6-15(13)21-9-7-20(8-10-21)12-17(22)18-16-11-14(2)23-19-16/h3-6,11H,7-10,12H2,1-2H3,(H,18,19,22). The zero-order valence-electron chi connectivity index (χ0n) is 13.6. The summed E-state index contributed by atoms with van der Waals surface area (Å²) in [6.45, 7) is 7.93. The first-order chi connectivity index (χ1) is 11.1. The predicted octanol–water partition coefficient (Wildman–Crippen LogP) is 2.05. The van der Waals surface area contributed by atoms with Crippen molar-refractivity contribution in [1.29, 1.82) is 0 Å². The van der Waals surface area contributed by atoms with E-state index in [4.69, 9.17) is 4.52 Å². The van der Waals surface area contributed by atoms with Crippen molar-refractivity contribution < 1.29 is 9.32 Å². The topological polar surface area (TPSA) is 61.6 Å². The normalized spacial score (nSPS) is 15.7. The Kier molecular flexibility index (Phi) is 4.62. The molecule has 1 amide bonds. The summed E-state index contributed by atoms with van der Waals surface area (Å²) in [6.07, 6.45) is 0. The molecular weight excluding hydrogens is 292 g/mol. The molecule has 0 saturated carbocycles. The third-order valence-electron chi connectivity index (χ3n) is 4.09. The minimum absolute atomic E-state index is 0.0531. The SMILES string of the molecule is Cc1cc(NC(=O)CN2CCN(c3ccccc3C)CC2)no1. The smallest absolute Gasteiger partial charge is 0.239 e. The second kappa shape index (κ2) is 6.83. The number of aryl methyl sites for hydroxylation is 2. The van der Waals surface area contributed by atoms with Crippen LogP contribution in [-0.4, -0.2) is 48.7 Å². The lowest BCUT2D eigenvalue weighted by atomic mass is 10.1. The van der Waals surface area contributed by atoms with Crippen LogP contribution >= 0.6 is 0 Å². The van der Waals surface area contributed by atoms with Crippen LogP contribution in [-0.2, 0) is 4.79 Å². The molecule has 6 nitrogen and oxygen atoms in total. The minimum Gasteiger partial charge on any atom is -0.369 e. The number of aromatic nitrogens is 1. The lowest BCUT2D eigenvalue weighted by molar-refractivity contribution is -0.117. The summed E-state index contributed by atoms with van der Waals surface area (Å²) in [5.41, 5.74) is 2.58. The Morgan fingerprint density at radius 3 is 2.61 bits per heavy atom. The fourth-order valence-corrected chi connectivity index (χ4v) is 2.88. The van der Waals surface area contributed by atoms with E-state index >= 15 is 0 Å². The van der Waals surface area contributed by atoms with Gasteiger partial charge in [0.15, 0.2) is 5.82 Å². The zero-order chi connectivity index (χ0) is 16.2. The van der Waals surface area contributed by atoms with E-state index in [0.29, 0.717) is 18.1 Å². The Balaban J connectivity index is 1.49. The largest absolute Gasteiger partial charge is 0.369 e. The average Bonchev–Trinajstić information content (AvgIpc) is 2.93. The maximum atomic E-state index is 12.0. The summed E-state index contributed by atoms with van der Waals surface area (Å²) < 4.78 is 4.94. The van der Waals surface area contributed by atoms with Crippen LogP contribution in [0.2, 0.25) is 0 Å². The molecule has 23 heavy (non-hydrogen) atoms. The van der Waals surface area contributed by atoms with Gasteiger partial charge in [-0.25, -0.2) is 0 Å². The Morgan fingerprint density at radius 2 is 1.96 bits per heavy atom. The molecule has 122 valence electrons. The van der Waals surface area contributed by atoms with Crippen molar-refractivity contribution in [1.82, 2.24) is 10.1 Å². The fraction of sp³-hybridized carbons (Fsp3) is 0.412. The van der Waals surface area contributed by atoms with Crippen molar-refractivity contribution in [2.75, 3.05) is 42.9 Å². The number of benzene rings is 1. The third kappa shape index (κ3) is 3.90. The minimum atomic E-state index is -0.0531. The molecule has 0 aliphatic carbocycles. The van der Waals surface area contributed by atoms with E-state index in [2.05, 4.69) is 51.5 Å². The maximum absolute atomic E-state index is 12.0. The van der Waals surface area contributed by atoms with Crippen LogP contribution < -0.4 is 10.2 Å². The van der Waals surface area contributed by atoms with Gasteiger partial charge in [-0.3, -0.25) is 9.69 Å². The maximum Gasteiger partial charge on any atom is 0.239 e. The molecule has 6 heteroatoms. The van der Waals surface area contributed by atoms with Gasteiger partial charge in [-0.2, -0.15) is 0 Å². The molecule has 2 heterocycles. The molecule has 0 spiro atoms. The fourth-order valence-electron chi connectivity index (χ4n) is 2.88. The molecule has 1 aliphatic rings. The van der Waals surface area contributed by atoms with Crippen molar-refractivity contribution in [2.45, 2.75) is 13.8 Å². The van der Waals surface area contributed by atoms with Crippen molar-refractivity contribution in [3.05, 3.63) is 41.7 Å². The van der Waals surface area contributed by atoms with Crippen LogP contribution in [0.25, 0.3) is 0 Å². The summed E-state index contributed by atoms with van der Waals surface area (Å²) >= 11 is 0. The van der Waals surface area contributed by atoms with Gasteiger partial charge in [0.1, 0.15) is 5.76 Å². The Hall–Kier alpha value is -2.34. The quantitative estimate of drug-likeness (QED) is 0.936. The number of rotatable bonds is 4. The van der Waals surface area contributed by atoms with E-state index < -0.39 is 0 Å². The first-order valence-corrected chi connectivity index (χ1v) is 7.88. The Morgan fingerprint density at radius 1 is 1.22 bits per heavy atom. The highest BCUT2D eigenvalue weighted by molar-refractivity contribution is 5.91. The number of carbonyl (C=O) groups excluding carboxylic acids is 1. The predicted molar refractivity (Wildman–Crippen MR) is 89.7 cm³/mol. The molecular formula is C17H22N4O2. The molecule has 1 saturated heterocycles. The van der Waals surface area contributed by atoms with Gasteiger partial charge in [-0.15, -0.1) is 0 Å². The number of carbonyl (C=O) groups is 1. The van der Waals surface area contributed by atoms with Crippen LogP contribution in [0.5, 0.6) is 0 Å². The van der Waals surface area contributed by atoms with Gasteiger partial charge in [0.25, 0.3) is 0 Å². The lowest BCUT2D eigenvalue weighted by Gasteiger charge is -2.36. The molecule has 1 fully saturated rings. The summed E-state index contributed by atoms with van der Waals surface area (Å²) in [5, 5.41) is 6.54. The van der Waals surface area contributed by atoms with Gasteiger partial charge >= 0.3 is 0 Å². The van der Waals surface area contributed by atoms with Gasteiger partial charge in [-0.05, 0) is 25.5 Å². The number of nitrogens with zero attached hydrogens (tertiary/aromatic N) is 3. The third-order valence-corrected chi connectivity index (χ3v) is 4.09. The lowest BCUT2D eigenvalue weighted by Crippen LogP contribution is -2.48. The highest BCUT2D eigenvalue weighted by Crippen LogP contribution is 2.20. The summed E-state index contributed by atoms with van der Waals surface area (Å²) in [6, 6.07) is 10.1. The number of piperazine rings is 1. The van der Waals surface area contributed by atoms with E-state index in [0.717, 1.165) is 26.2 Å². The van der Waals surface area contributed by atoms with E-state index in [1.165, 1.54) is 11.3 Å². The van der Waals surface area contributed by atoms with Crippen molar-refractivity contribution in [3.63, 3.8) is 0 Å². The van der Waals surface area contributed by atoms with Gasteiger partial charge < -0.3 is 14.7 Å². The zero-order valence-corrected chi connectivity index (χ0v) is 13.6. The second-order valence-electron chi connectivity index (χ2n) is 5.92. The number of anilines is 2. The molecule has 1 aliphatic heterocycles. The van der Waals surface area contributed by atoms with Crippen LogP contribution in [0.4, 0.5) is 11.5 Å². The van der Waals surface area contributed by atoms with Crippen molar-refractivity contribution in [3.8, 4) is 0 Å². The monoisotopic (exact) mass is 314 g/mol. The van der Waals surface area contributed by atoms with Crippen LogP contribution in [0, 0.1) is 13.8 Å². The number of para-hydroxylation sites is 1. The van der Waals surface area contributed by atoms with E-state index in [-0.39, 0.29) is 5.91 Å². The number of amides is 1. The van der Waals surface area contributed by atoms with Gasteiger partial charge in [0.05, 0.1) is 6.54 Å². The molecule has 0 radical (unpaired) electrons. The Bertz CT molecular complexity index is 675. The molecule has 2 aromatic rings. The molecule has 1 N–H and O–H groups in total. The Labute approximate surface area is 136 Å². The molecule has 0 unspecified atom stereocenters. The highest BCUT2D eigenvalue weighted by atomic mass is 16.5. The summed E-state index contributed by atoms with van der Waals surface area (Å²) in [4.78, 5) is 16.6. The average molecular weight is 314 g/mol. The second-order valence-corrected chi connectivity index (χ2v) is 5.92. The number of hydrogen-bond acceptors (Lipinski definition) is 5. The van der Waals surface area contributed by atoms with Crippen LogP contribution in [0.1, 0.15) is 11.3 Å². The van der Waals surface area contributed by atoms with Crippen molar-refractivity contribution in [2.24, 2.45) is 0 Å². The number of hydrogen-bond donors (Lipinski definition) is 1. The van der Waals surface area contributed by atoms with Gasteiger partial charge in [0.2, 0.25) is 5.91 Å². The molecule has 1 aromatic heterocycles. The summed E-state index contributed by atoms with van der Waals surface area (Å²) in [5.74, 6) is 1.11. The van der Waals surface area contributed by atoms with E-state index in [1.54, 1.807) is 13.0 Å². The first kappa shape index (κ1) is 15.6. The summed E-state index contributed by atoms with van der Waals surface area (Å²) in [7, 11) is 0. The van der Waals surface area contributed by atoms with Crippen molar-refractivity contribution >= 4 is 17.4 Å². The number of nitrogens with one attached hydrogen (secondary N) is 1. The molecule has 3 rings (SSSR count). The molecule has 0 atom stereocenters. The van der Waals surface area contributed by atoms with Gasteiger partial charge in [-0.1, -0.05) is 23.4 Å². The van der Waals surface area contributed by atoms with E-state index in [1.807, 2.05) is 0 Å². The molecule has 1 aromatic carbocycles. The van der Waals surface area contributed by atoms with E-state index in [9.17, 15) is 4.79 Å². The molecule has 0 bridgehead atoms. The highest BCUT2D eigenvalue weighted by Gasteiger charge is 2.20. The van der Waals surface area contributed by atoms with Gasteiger partial charge in [0, 0.05) is 37.9 Å². The first-order valence-electron chi connectivity index (χ1n) is 7.88. The van der Waals surface area contributed by atoms with Crippen LogP contribution in [0.3, 0.4) is 0 Å². The van der Waals surface area contributed by atoms with Crippen LogP contribution in [0.15, 0.2) is 34.9 Å².